The lowest BCUT2D eigenvalue weighted by Crippen LogP contribution is -1.83. The van der Waals surface area contributed by atoms with Crippen molar-refractivity contribution in [2.45, 2.75) is 26.7 Å². The van der Waals surface area contributed by atoms with Crippen LogP contribution in [0.1, 0.15) is 26.7 Å². The van der Waals surface area contributed by atoms with Gasteiger partial charge >= 0.3 is 0 Å². The van der Waals surface area contributed by atoms with Gasteiger partial charge in [-0.1, -0.05) is 24.6 Å². The summed E-state index contributed by atoms with van der Waals surface area (Å²) in [6.07, 6.45) is 10.5. The SMILES string of the molecule is CCC1=C(C)C/C=C\C=C=C1. The largest absolute Gasteiger partial charge is 0.121 e. The molecule has 0 aliphatic heterocycles. The van der Waals surface area contributed by atoms with Crippen LogP contribution in [0.3, 0.4) is 0 Å². The molecule has 0 fully saturated rings. The molecule has 0 bridgehead atoms. The first-order valence-electron chi connectivity index (χ1n) is 4.11. The van der Waals surface area contributed by atoms with Crippen LogP contribution in [0.15, 0.2) is 41.2 Å². The van der Waals surface area contributed by atoms with E-state index in [0.717, 1.165) is 12.8 Å². The molecule has 0 aromatic heterocycles. The molecular weight excluding hydrogens is 132 g/mol. The second-order valence-corrected chi connectivity index (χ2v) is 2.77. The van der Waals surface area contributed by atoms with Crippen LogP contribution in [0.2, 0.25) is 0 Å². The zero-order valence-electron chi connectivity index (χ0n) is 7.22. The Kier molecular flexibility index (Phi) is 2.95. The summed E-state index contributed by atoms with van der Waals surface area (Å²) in [6.45, 7) is 4.37. The first kappa shape index (κ1) is 8.10. The van der Waals surface area contributed by atoms with Gasteiger partial charge in [0.05, 0.1) is 0 Å². The Morgan fingerprint density at radius 1 is 1.55 bits per heavy atom. The van der Waals surface area contributed by atoms with E-state index in [9.17, 15) is 0 Å². The molecule has 1 rings (SSSR count). The van der Waals surface area contributed by atoms with Crippen molar-refractivity contribution in [3.8, 4) is 0 Å². The van der Waals surface area contributed by atoms with Crippen LogP contribution in [0.5, 0.6) is 0 Å². The summed E-state index contributed by atoms with van der Waals surface area (Å²) in [7, 11) is 0. The van der Waals surface area contributed by atoms with Gasteiger partial charge in [0.2, 0.25) is 0 Å². The average Bonchev–Trinajstić information content (AvgIpc) is 1.98. The van der Waals surface area contributed by atoms with Crippen LogP contribution in [-0.4, -0.2) is 0 Å². The van der Waals surface area contributed by atoms with Crippen molar-refractivity contribution in [2.24, 2.45) is 0 Å². The molecule has 0 unspecified atom stereocenters. The van der Waals surface area contributed by atoms with Crippen LogP contribution < -0.4 is 0 Å². The Balaban J connectivity index is 2.95. The van der Waals surface area contributed by atoms with Crippen molar-refractivity contribution in [3.05, 3.63) is 41.2 Å². The first-order valence-corrected chi connectivity index (χ1v) is 4.11. The Morgan fingerprint density at radius 3 is 3.09 bits per heavy atom. The number of hydrogen-bond acceptors (Lipinski definition) is 0. The molecule has 0 saturated carbocycles. The Hall–Kier alpha value is -1.00. The van der Waals surface area contributed by atoms with Gasteiger partial charge in [0.1, 0.15) is 0 Å². The molecule has 11 heavy (non-hydrogen) atoms. The fourth-order valence-corrected chi connectivity index (χ4v) is 1.18. The van der Waals surface area contributed by atoms with E-state index in [1.165, 1.54) is 11.1 Å². The molecule has 1 aliphatic carbocycles. The normalized spacial score (nSPS) is 19.8. The summed E-state index contributed by atoms with van der Waals surface area (Å²) in [5.41, 5.74) is 6.01. The summed E-state index contributed by atoms with van der Waals surface area (Å²) < 4.78 is 0. The predicted molar refractivity (Wildman–Crippen MR) is 49.4 cm³/mol. The van der Waals surface area contributed by atoms with Crippen molar-refractivity contribution >= 4 is 0 Å². The topological polar surface area (TPSA) is 0 Å². The smallest absolute Gasteiger partial charge is 0.0132 e. The standard InChI is InChI=1S/C11H14/c1-3-11-9-7-5-4-6-8-10(11)2/h4-6,9H,3,8H2,1-2H3/b6-4-,11-10?. The molecule has 0 aromatic carbocycles. The highest BCUT2D eigenvalue weighted by atomic mass is 14.0. The molecule has 0 heterocycles. The third kappa shape index (κ3) is 2.25. The number of rotatable bonds is 1. The molecule has 58 valence electrons. The first-order chi connectivity index (χ1) is 5.34. The van der Waals surface area contributed by atoms with Crippen LogP contribution in [-0.2, 0) is 0 Å². The minimum Gasteiger partial charge on any atom is -0.121 e. The van der Waals surface area contributed by atoms with Gasteiger partial charge < -0.3 is 0 Å². The van der Waals surface area contributed by atoms with E-state index in [-0.39, 0.29) is 0 Å². The van der Waals surface area contributed by atoms with Crippen LogP contribution in [0.25, 0.3) is 0 Å². The predicted octanol–water partition coefficient (Wildman–Crippen LogP) is 3.38. The number of hydrogen-bond donors (Lipinski definition) is 0. The summed E-state index contributed by atoms with van der Waals surface area (Å²) in [4.78, 5) is 0. The molecule has 0 radical (unpaired) electrons. The van der Waals surface area contributed by atoms with Gasteiger partial charge in [-0.25, -0.2) is 0 Å². The molecule has 0 atom stereocenters. The van der Waals surface area contributed by atoms with E-state index in [1.54, 1.807) is 0 Å². The molecule has 0 spiro atoms. The zero-order valence-corrected chi connectivity index (χ0v) is 7.22. The van der Waals surface area contributed by atoms with Crippen molar-refractivity contribution in [2.75, 3.05) is 0 Å². The molecule has 0 aromatic rings. The van der Waals surface area contributed by atoms with Crippen molar-refractivity contribution < 1.29 is 0 Å². The highest BCUT2D eigenvalue weighted by Crippen LogP contribution is 2.14. The maximum atomic E-state index is 3.12. The second kappa shape index (κ2) is 4.00. The van der Waals surface area contributed by atoms with E-state index in [4.69, 9.17) is 0 Å². The van der Waals surface area contributed by atoms with Gasteiger partial charge in [-0.05, 0) is 37.5 Å². The minimum absolute atomic E-state index is 1.08. The lowest BCUT2D eigenvalue weighted by Gasteiger charge is -2.03. The summed E-state index contributed by atoms with van der Waals surface area (Å²) in [5, 5.41) is 0. The zero-order chi connectivity index (χ0) is 8.10. The second-order valence-electron chi connectivity index (χ2n) is 2.77. The molecule has 0 heteroatoms. The molecule has 0 saturated heterocycles. The van der Waals surface area contributed by atoms with Crippen molar-refractivity contribution in [1.29, 1.82) is 0 Å². The van der Waals surface area contributed by atoms with E-state index < -0.39 is 0 Å². The van der Waals surface area contributed by atoms with Gasteiger partial charge in [-0.2, -0.15) is 0 Å². The van der Waals surface area contributed by atoms with E-state index >= 15 is 0 Å². The Bertz CT molecular complexity index is 245. The molecule has 0 N–H and O–H groups in total. The van der Waals surface area contributed by atoms with Gasteiger partial charge in [-0.15, -0.1) is 5.73 Å². The quantitative estimate of drug-likeness (QED) is 0.497. The third-order valence-electron chi connectivity index (χ3n) is 1.94. The van der Waals surface area contributed by atoms with E-state index in [1.807, 2.05) is 12.2 Å². The summed E-state index contributed by atoms with van der Waals surface area (Å²) in [6, 6.07) is 0. The lowest BCUT2D eigenvalue weighted by atomic mass is 10.0. The monoisotopic (exact) mass is 146 g/mol. The number of allylic oxidation sites excluding steroid dienone is 5. The van der Waals surface area contributed by atoms with Crippen LogP contribution in [0.4, 0.5) is 0 Å². The van der Waals surface area contributed by atoms with Crippen molar-refractivity contribution in [3.63, 3.8) is 0 Å². The molecule has 0 amide bonds. The third-order valence-corrected chi connectivity index (χ3v) is 1.94. The average molecular weight is 146 g/mol. The minimum atomic E-state index is 1.08. The van der Waals surface area contributed by atoms with Crippen molar-refractivity contribution in [1.82, 2.24) is 0 Å². The fourth-order valence-electron chi connectivity index (χ4n) is 1.18. The van der Waals surface area contributed by atoms with Crippen LogP contribution >= 0.6 is 0 Å². The maximum absolute atomic E-state index is 3.12. The Labute approximate surface area is 68.6 Å². The highest BCUT2D eigenvalue weighted by Gasteiger charge is 1.94. The van der Waals surface area contributed by atoms with E-state index in [2.05, 4.69) is 31.7 Å². The van der Waals surface area contributed by atoms with Gasteiger partial charge in [0.15, 0.2) is 0 Å². The van der Waals surface area contributed by atoms with Gasteiger partial charge in [0.25, 0.3) is 0 Å². The molecular formula is C11H14. The van der Waals surface area contributed by atoms with Crippen LogP contribution in [0, 0.1) is 0 Å². The Morgan fingerprint density at radius 2 is 2.36 bits per heavy atom. The van der Waals surface area contributed by atoms with Gasteiger partial charge in [-0.3, -0.25) is 0 Å². The maximum Gasteiger partial charge on any atom is -0.0132 e. The summed E-state index contributed by atoms with van der Waals surface area (Å²) in [5.74, 6) is 0. The summed E-state index contributed by atoms with van der Waals surface area (Å²) >= 11 is 0. The fraction of sp³-hybridized carbons (Fsp3) is 0.364. The van der Waals surface area contributed by atoms with Gasteiger partial charge in [0, 0.05) is 0 Å². The lowest BCUT2D eigenvalue weighted by molar-refractivity contribution is 1.06. The van der Waals surface area contributed by atoms with E-state index in [0.29, 0.717) is 0 Å². The molecule has 0 nitrogen and oxygen atoms in total. The highest BCUT2D eigenvalue weighted by molar-refractivity contribution is 5.28. The molecule has 1 aliphatic rings.